The number of rotatable bonds is 2. The predicted octanol–water partition coefficient (Wildman–Crippen LogP) is 11.9. The van der Waals surface area contributed by atoms with Crippen LogP contribution < -0.4 is 0 Å². The molecule has 0 fully saturated rings. The Hall–Kier alpha value is -5.80. The maximum Gasteiger partial charge on any atom is 0.143 e. The number of hydrogen-bond acceptors (Lipinski definition) is 3. The fraction of sp³-hybridized carbons (Fsp3) is 0. The first kappa shape index (κ1) is 22.8. The van der Waals surface area contributed by atoms with Crippen molar-refractivity contribution in [1.29, 1.82) is 0 Å². The highest BCUT2D eigenvalue weighted by atomic mass is 16.3. The Labute approximate surface area is 245 Å². The SMILES string of the molecule is c1ccc2c(c1)oc1c(-c3c4ccccc4c(-c4c5ccoc5cc5oc6ccccc6c45)c4ccccc34)cccc12. The van der Waals surface area contributed by atoms with Gasteiger partial charge in [0.2, 0.25) is 0 Å². The van der Waals surface area contributed by atoms with Gasteiger partial charge in [-0.15, -0.1) is 0 Å². The molecule has 0 aliphatic rings. The van der Waals surface area contributed by atoms with Gasteiger partial charge in [0.25, 0.3) is 0 Å². The van der Waals surface area contributed by atoms with E-state index < -0.39 is 0 Å². The lowest BCUT2D eigenvalue weighted by atomic mass is 9.83. The van der Waals surface area contributed by atoms with Gasteiger partial charge in [-0.2, -0.15) is 0 Å². The maximum atomic E-state index is 6.57. The molecule has 0 aliphatic heterocycles. The minimum absolute atomic E-state index is 0.811. The van der Waals surface area contributed by atoms with Crippen LogP contribution in [0, 0.1) is 0 Å². The predicted molar refractivity (Wildman–Crippen MR) is 177 cm³/mol. The summed E-state index contributed by atoms with van der Waals surface area (Å²) in [6.45, 7) is 0. The molecule has 3 nitrogen and oxygen atoms in total. The van der Waals surface area contributed by atoms with Gasteiger partial charge >= 0.3 is 0 Å². The second-order valence-electron chi connectivity index (χ2n) is 11.2. The largest absolute Gasteiger partial charge is 0.464 e. The Balaban J connectivity index is 1.43. The van der Waals surface area contributed by atoms with E-state index in [0.717, 1.165) is 66.0 Å². The standard InChI is InChI=1S/C40H22O3/c1-3-13-26-24(11-1)36(31-17-9-16-28-23-10-5-7-18-32(23)43-40(28)31)25-12-2-4-14-27(25)37(26)39-30-20-21-41-34(30)22-35-38(39)29-15-6-8-19-33(29)42-35/h1-22H. The molecule has 3 aromatic heterocycles. The van der Waals surface area contributed by atoms with Gasteiger partial charge < -0.3 is 13.3 Å². The van der Waals surface area contributed by atoms with E-state index in [-0.39, 0.29) is 0 Å². The third-order valence-corrected chi connectivity index (χ3v) is 8.95. The van der Waals surface area contributed by atoms with Crippen LogP contribution in [0.2, 0.25) is 0 Å². The van der Waals surface area contributed by atoms with Gasteiger partial charge in [0.15, 0.2) is 0 Å². The van der Waals surface area contributed by atoms with Gasteiger partial charge in [-0.25, -0.2) is 0 Å². The Morgan fingerprint density at radius 1 is 0.349 bits per heavy atom. The van der Waals surface area contributed by atoms with Crippen molar-refractivity contribution in [3.05, 3.63) is 134 Å². The molecule has 200 valence electrons. The summed E-state index contributed by atoms with van der Waals surface area (Å²) in [6.07, 6.45) is 1.77. The van der Waals surface area contributed by atoms with Crippen LogP contribution in [-0.2, 0) is 0 Å². The molecule has 0 atom stereocenters. The molecule has 7 aromatic carbocycles. The molecule has 10 rings (SSSR count). The van der Waals surface area contributed by atoms with Gasteiger partial charge in [-0.05, 0) is 45.3 Å². The van der Waals surface area contributed by atoms with E-state index in [4.69, 9.17) is 13.3 Å². The van der Waals surface area contributed by atoms with Gasteiger partial charge in [0, 0.05) is 49.7 Å². The highest BCUT2D eigenvalue weighted by molar-refractivity contribution is 6.30. The molecule has 0 N–H and O–H groups in total. The van der Waals surface area contributed by atoms with Gasteiger partial charge in [0.1, 0.15) is 27.9 Å². The van der Waals surface area contributed by atoms with E-state index in [9.17, 15) is 0 Å². The first-order valence-corrected chi connectivity index (χ1v) is 14.5. The topological polar surface area (TPSA) is 39.4 Å². The highest BCUT2D eigenvalue weighted by Gasteiger charge is 2.24. The molecule has 43 heavy (non-hydrogen) atoms. The summed E-state index contributed by atoms with van der Waals surface area (Å²) < 4.78 is 19.0. The van der Waals surface area contributed by atoms with Crippen molar-refractivity contribution >= 4 is 76.4 Å². The Bertz CT molecular complexity index is 2680. The van der Waals surface area contributed by atoms with Crippen molar-refractivity contribution in [2.24, 2.45) is 0 Å². The zero-order valence-electron chi connectivity index (χ0n) is 22.9. The lowest BCUT2D eigenvalue weighted by molar-refractivity contribution is 0.613. The molecule has 0 unspecified atom stereocenters. The Morgan fingerprint density at radius 2 is 0.930 bits per heavy atom. The number of furan rings is 3. The maximum absolute atomic E-state index is 6.57. The van der Waals surface area contributed by atoms with E-state index >= 15 is 0 Å². The molecule has 0 bridgehead atoms. The molecule has 0 radical (unpaired) electrons. The summed E-state index contributed by atoms with van der Waals surface area (Å²) >= 11 is 0. The van der Waals surface area contributed by atoms with E-state index in [0.29, 0.717) is 0 Å². The summed E-state index contributed by atoms with van der Waals surface area (Å²) in [4.78, 5) is 0. The average molecular weight is 551 g/mol. The van der Waals surface area contributed by atoms with E-state index in [1.807, 2.05) is 30.3 Å². The van der Waals surface area contributed by atoms with Crippen molar-refractivity contribution in [2.75, 3.05) is 0 Å². The summed E-state index contributed by atoms with van der Waals surface area (Å²) in [6, 6.07) is 44.6. The molecule has 0 saturated heterocycles. The van der Waals surface area contributed by atoms with E-state index in [2.05, 4.69) is 97.1 Å². The van der Waals surface area contributed by atoms with Crippen LogP contribution >= 0.6 is 0 Å². The average Bonchev–Trinajstić information content (AvgIpc) is 3.78. The minimum atomic E-state index is 0.811. The van der Waals surface area contributed by atoms with Gasteiger partial charge in [-0.3, -0.25) is 0 Å². The second-order valence-corrected chi connectivity index (χ2v) is 11.2. The molecule has 10 aromatic rings. The molecule has 0 saturated carbocycles. The number of fused-ring (bicyclic) bond motifs is 9. The number of hydrogen-bond donors (Lipinski definition) is 0. The molecule has 0 spiro atoms. The number of benzene rings is 7. The fourth-order valence-corrected chi connectivity index (χ4v) is 7.21. The second kappa shape index (κ2) is 8.37. The zero-order valence-corrected chi connectivity index (χ0v) is 22.9. The first-order chi connectivity index (χ1) is 21.3. The molecule has 0 amide bonds. The summed E-state index contributed by atoms with van der Waals surface area (Å²) in [5.74, 6) is 0. The Morgan fingerprint density at radius 3 is 1.65 bits per heavy atom. The van der Waals surface area contributed by atoms with Crippen LogP contribution in [0.25, 0.3) is 98.6 Å². The van der Waals surface area contributed by atoms with Crippen LogP contribution in [0.15, 0.2) is 147 Å². The monoisotopic (exact) mass is 550 g/mol. The molecule has 3 heterocycles. The van der Waals surface area contributed by atoms with Crippen molar-refractivity contribution in [3.63, 3.8) is 0 Å². The van der Waals surface area contributed by atoms with Crippen molar-refractivity contribution in [3.8, 4) is 22.3 Å². The fourth-order valence-electron chi connectivity index (χ4n) is 7.21. The van der Waals surface area contributed by atoms with Crippen LogP contribution in [0.5, 0.6) is 0 Å². The van der Waals surface area contributed by atoms with Crippen LogP contribution in [0.4, 0.5) is 0 Å². The molecular weight excluding hydrogens is 528 g/mol. The molecular formula is C40H22O3. The number of para-hydroxylation sites is 3. The van der Waals surface area contributed by atoms with Crippen molar-refractivity contribution in [1.82, 2.24) is 0 Å². The molecule has 3 heteroatoms. The zero-order chi connectivity index (χ0) is 28.1. The summed E-state index contributed by atoms with van der Waals surface area (Å²) in [5, 5.41) is 10.2. The highest BCUT2D eigenvalue weighted by Crippen LogP contribution is 2.50. The normalized spacial score (nSPS) is 12.2. The Kier molecular flexibility index (Phi) is 4.45. The smallest absolute Gasteiger partial charge is 0.143 e. The van der Waals surface area contributed by atoms with Gasteiger partial charge in [-0.1, -0.05) is 103 Å². The van der Waals surface area contributed by atoms with Crippen LogP contribution in [0.3, 0.4) is 0 Å². The molecule has 0 aliphatic carbocycles. The quantitative estimate of drug-likeness (QED) is 0.201. The summed E-state index contributed by atoms with van der Waals surface area (Å²) in [7, 11) is 0. The van der Waals surface area contributed by atoms with E-state index in [1.165, 1.54) is 32.7 Å². The van der Waals surface area contributed by atoms with Crippen LogP contribution in [0.1, 0.15) is 0 Å². The van der Waals surface area contributed by atoms with E-state index in [1.54, 1.807) is 6.26 Å². The van der Waals surface area contributed by atoms with Crippen molar-refractivity contribution < 1.29 is 13.3 Å². The van der Waals surface area contributed by atoms with Crippen molar-refractivity contribution in [2.45, 2.75) is 0 Å². The third-order valence-electron chi connectivity index (χ3n) is 8.95. The third kappa shape index (κ3) is 3.03. The van der Waals surface area contributed by atoms with Gasteiger partial charge in [0.05, 0.1) is 6.26 Å². The lowest BCUT2D eigenvalue weighted by Gasteiger charge is -2.19. The minimum Gasteiger partial charge on any atom is -0.464 e. The first-order valence-electron chi connectivity index (χ1n) is 14.5. The summed E-state index contributed by atoms with van der Waals surface area (Å²) in [5.41, 5.74) is 8.88. The lowest BCUT2D eigenvalue weighted by Crippen LogP contribution is -1.92. The van der Waals surface area contributed by atoms with Crippen LogP contribution in [-0.4, -0.2) is 0 Å².